The van der Waals surface area contributed by atoms with E-state index in [2.05, 4.69) is 17.4 Å². The molecule has 3 rings (SSSR count). The van der Waals surface area contributed by atoms with Crippen molar-refractivity contribution in [2.75, 3.05) is 6.61 Å². The number of rotatable bonds is 6. The lowest BCUT2D eigenvalue weighted by atomic mass is 9.98. The molecule has 27 heavy (non-hydrogen) atoms. The number of aliphatic carboxylic acids is 1. The van der Waals surface area contributed by atoms with Crippen LogP contribution in [0, 0.1) is 5.92 Å². The summed E-state index contributed by atoms with van der Waals surface area (Å²) in [7, 11) is 0. The molecule has 0 unspecified atom stereocenters. The summed E-state index contributed by atoms with van der Waals surface area (Å²) in [6.07, 6.45) is -0.334. The molecule has 1 aliphatic carbocycles. The second-order valence-electron chi connectivity index (χ2n) is 6.99. The van der Waals surface area contributed by atoms with Crippen LogP contribution < -0.4 is 5.32 Å². The Labute approximate surface area is 158 Å². The first-order chi connectivity index (χ1) is 12.5. The van der Waals surface area contributed by atoms with Gasteiger partial charge in [-0.15, -0.1) is 0 Å². The SMILES string of the molecule is CC(C)C[C@H](NC(=O)OCC1c2ccccc2-c2ccccc21)C(=O)O.O. The van der Waals surface area contributed by atoms with Crippen LogP contribution >= 0.6 is 0 Å². The van der Waals surface area contributed by atoms with E-state index in [-0.39, 0.29) is 23.9 Å². The van der Waals surface area contributed by atoms with E-state index in [0.717, 1.165) is 22.3 Å². The molecule has 6 heteroatoms. The highest BCUT2D eigenvalue weighted by atomic mass is 16.5. The van der Waals surface area contributed by atoms with E-state index >= 15 is 0 Å². The van der Waals surface area contributed by atoms with E-state index in [0.29, 0.717) is 6.42 Å². The largest absolute Gasteiger partial charge is 0.480 e. The first-order valence-electron chi connectivity index (χ1n) is 8.81. The third kappa shape index (κ3) is 4.46. The Bertz CT molecular complexity index is 772. The Balaban J connectivity index is 0.00000261. The standard InChI is InChI=1S/C21H23NO4.H2O/c1-13(2)11-19(20(23)24)22-21(25)26-12-18-16-9-5-3-7-14(16)15-8-4-6-10-17(15)18;/h3-10,13,18-19H,11-12H2,1-2H3,(H,22,25)(H,23,24);1H2/t19-;/m0./s1. The summed E-state index contributed by atoms with van der Waals surface area (Å²) in [6.45, 7) is 4.00. The first kappa shape index (κ1) is 20.5. The first-order valence-corrected chi connectivity index (χ1v) is 8.81. The number of carbonyl (C=O) groups excluding carboxylic acids is 1. The number of alkyl carbamates (subject to hydrolysis) is 1. The quantitative estimate of drug-likeness (QED) is 0.813. The molecule has 2 aromatic rings. The average Bonchev–Trinajstić information content (AvgIpc) is 2.93. The summed E-state index contributed by atoms with van der Waals surface area (Å²) in [6, 6.07) is 15.2. The minimum atomic E-state index is -1.05. The third-order valence-corrected chi connectivity index (χ3v) is 4.64. The van der Waals surface area contributed by atoms with Gasteiger partial charge in [0.25, 0.3) is 0 Å². The maximum atomic E-state index is 12.1. The fraction of sp³-hybridized carbons (Fsp3) is 0.333. The highest BCUT2D eigenvalue weighted by Gasteiger charge is 2.29. The predicted octanol–water partition coefficient (Wildman–Crippen LogP) is 3.20. The minimum absolute atomic E-state index is 0. The van der Waals surface area contributed by atoms with Gasteiger partial charge in [-0.3, -0.25) is 0 Å². The minimum Gasteiger partial charge on any atom is -0.480 e. The van der Waals surface area contributed by atoms with Gasteiger partial charge in [0.15, 0.2) is 0 Å². The van der Waals surface area contributed by atoms with Gasteiger partial charge in [0, 0.05) is 5.92 Å². The van der Waals surface area contributed by atoms with E-state index in [9.17, 15) is 14.7 Å². The van der Waals surface area contributed by atoms with Gasteiger partial charge in [0.1, 0.15) is 12.6 Å². The van der Waals surface area contributed by atoms with Crippen LogP contribution in [0.1, 0.15) is 37.3 Å². The van der Waals surface area contributed by atoms with E-state index in [1.807, 2.05) is 50.2 Å². The van der Waals surface area contributed by atoms with Crippen molar-refractivity contribution < 1.29 is 24.9 Å². The van der Waals surface area contributed by atoms with Gasteiger partial charge in [-0.25, -0.2) is 9.59 Å². The summed E-state index contributed by atoms with van der Waals surface area (Å²) >= 11 is 0. The number of carboxylic acids is 1. The summed E-state index contributed by atoms with van der Waals surface area (Å²) in [5.74, 6) is -0.932. The summed E-state index contributed by atoms with van der Waals surface area (Å²) < 4.78 is 5.39. The van der Waals surface area contributed by atoms with Crippen molar-refractivity contribution in [3.63, 3.8) is 0 Å². The van der Waals surface area contributed by atoms with Crippen LogP contribution in [0.15, 0.2) is 48.5 Å². The number of carboxylic acid groups (broad SMARTS) is 1. The Hall–Kier alpha value is -2.86. The maximum absolute atomic E-state index is 12.1. The Kier molecular flexibility index (Phi) is 6.58. The highest BCUT2D eigenvalue weighted by Crippen LogP contribution is 2.44. The van der Waals surface area contributed by atoms with Crippen molar-refractivity contribution in [3.8, 4) is 11.1 Å². The van der Waals surface area contributed by atoms with Crippen molar-refractivity contribution >= 4 is 12.1 Å². The zero-order valence-electron chi connectivity index (χ0n) is 15.4. The molecule has 0 spiro atoms. The van der Waals surface area contributed by atoms with Gasteiger partial charge < -0.3 is 20.6 Å². The monoisotopic (exact) mass is 371 g/mol. The van der Waals surface area contributed by atoms with Gasteiger partial charge in [0.05, 0.1) is 0 Å². The zero-order chi connectivity index (χ0) is 18.7. The Morgan fingerprint density at radius 1 is 1.04 bits per heavy atom. The normalized spacial score (nSPS) is 13.3. The van der Waals surface area contributed by atoms with Crippen molar-refractivity contribution in [1.29, 1.82) is 0 Å². The lowest BCUT2D eigenvalue weighted by molar-refractivity contribution is -0.139. The number of nitrogens with one attached hydrogen (secondary N) is 1. The lowest BCUT2D eigenvalue weighted by Gasteiger charge is -2.18. The molecule has 0 saturated heterocycles. The molecule has 1 aliphatic rings. The molecule has 0 saturated carbocycles. The molecular formula is C21H25NO5. The molecule has 0 heterocycles. The second kappa shape index (κ2) is 8.68. The van der Waals surface area contributed by atoms with Gasteiger partial charge >= 0.3 is 12.1 Å². The molecule has 1 atom stereocenters. The zero-order valence-corrected chi connectivity index (χ0v) is 15.4. The van der Waals surface area contributed by atoms with Crippen molar-refractivity contribution in [2.24, 2.45) is 5.92 Å². The molecule has 0 aliphatic heterocycles. The molecule has 0 bridgehead atoms. The topological polar surface area (TPSA) is 107 Å². The fourth-order valence-electron chi connectivity index (χ4n) is 3.48. The summed E-state index contributed by atoms with van der Waals surface area (Å²) in [5, 5.41) is 11.7. The van der Waals surface area contributed by atoms with Crippen LogP contribution in [0.25, 0.3) is 11.1 Å². The van der Waals surface area contributed by atoms with Crippen molar-refractivity contribution in [2.45, 2.75) is 32.2 Å². The number of amides is 1. The molecule has 144 valence electrons. The van der Waals surface area contributed by atoms with Crippen molar-refractivity contribution in [1.82, 2.24) is 5.32 Å². The molecular weight excluding hydrogens is 346 g/mol. The smallest absolute Gasteiger partial charge is 0.407 e. The van der Waals surface area contributed by atoms with Crippen LogP contribution in [0.2, 0.25) is 0 Å². The molecule has 1 amide bonds. The van der Waals surface area contributed by atoms with E-state index < -0.39 is 18.1 Å². The van der Waals surface area contributed by atoms with Crippen LogP contribution in [0.3, 0.4) is 0 Å². The number of hydrogen-bond donors (Lipinski definition) is 2. The number of fused-ring (bicyclic) bond motifs is 3. The molecule has 0 radical (unpaired) electrons. The summed E-state index contributed by atoms with van der Waals surface area (Å²) in [4.78, 5) is 23.4. The summed E-state index contributed by atoms with van der Waals surface area (Å²) in [5.41, 5.74) is 4.55. The Morgan fingerprint density at radius 3 is 2.04 bits per heavy atom. The van der Waals surface area contributed by atoms with E-state index in [1.165, 1.54) is 0 Å². The highest BCUT2D eigenvalue weighted by molar-refractivity contribution is 5.81. The van der Waals surface area contributed by atoms with Gasteiger partial charge in [-0.1, -0.05) is 62.4 Å². The predicted molar refractivity (Wildman–Crippen MR) is 103 cm³/mol. The number of benzene rings is 2. The maximum Gasteiger partial charge on any atom is 0.407 e. The van der Waals surface area contributed by atoms with Crippen molar-refractivity contribution in [3.05, 3.63) is 59.7 Å². The van der Waals surface area contributed by atoms with Crippen LogP contribution in [0.5, 0.6) is 0 Å². The number of ether oxygens (including phenoxy) is 1. The Morgan fingerprint density at radius 2 is 1.56 bits per heavy atom. The van der Waals surface area contributed by atoms with Gasteiger partial charge in [0.2, 0.25) is 0 Å². The number of hydrogen-bond acceptors (Lipinski definition) is 3. The van der Waals surface area contributed by atoms with Crippen LogP contribution in [-0.2, 0) is 9.53 Å². The lowest BCUT2D eigenvalue weighted by Crippen LogP contribution is -2.42. The molecule has 6 nitrogen and oxygen atoms in total. The fourth-order valence-corrected chi connectivity index (χ4v) is 3.48. The second-order valence-corrected chi connectivity index (χ2v) is 6.99. The van der Waals surface area contributed by atoms with E-state index in [4.69, 9.17) is 4.74 Å². The van der Waals surface area contributed by atoms with Crippen LogP contribution in [0.4, 0.5) is 4.79 Å². The molecule has 2 aromatic carbocycles. The third-order valence-electron chi connectivity index (χ3n) is 4.64. The molecule has 0 aromatic heterocycles. The average molecular weight is 371 g/mol. The van der Waals surface area contributed by atoms with Crippen LogP contribution in [-0.4, -0.2) is 35.3 Å². The number of carbonyl (C=O) groups is 2. The van der Waals surface area contributed by atoms with Gasteiger partial charge in [-0.2, -0.15) is 0 Å². The van der Waals surface area contributed by atoms with Gasteiger partial charge in [-0.05, 0) is 34.6 Å². The molecule has 4 N–H and O–H groups in total. The molecule has 0 fully saturated rings. The van der Waals surface area contributed by atoms with E-state index in [1.54, 1.807) is 0 Å².